The number of benzene rings is 1. The highest BCUT2D eigenvalue weighted by atomic mass is 35.5. The number of nitrogens with one attached hydrogen (secondary N) is 1. The van der Waals surface area contributed by atoms with E-state index in [0.717, 1.165) is 69.8 Å². The van der Waals surface area contributed by atoms with Crippen LogP contribution in [0.1, 0.15) is 24.8 Å². The van der Waals surface area contributed by atoms with Gasteiger partial charge < -0.3 is 19.7 Å². The molecule has 0 radical (unpaired) electrons. The van der Waals surface area contributed by atoms with Gasteiger partial charge in [0.25, 0.3) is 0 Å². The highest BCUT2D eigenvalue weighted by Crippen LogP contribution is 2.38. The average molecular weight is 380 g/mol. The fourth-order valence-corrected chi connectivity index (χ4v) is 4.37. The minimum absolute atomic E-state index is 0.0240. The Kier molecular flexibility index (Phi) is 6.79. The van der Waals surface area contributed by atoms with Gasteiger partial charge in [-0.3, -0.25) is 4.99 Å². The molecule has 6 heteroatoms. The molecular weight excluding hydrogens is 350 g/mol. The van der Waals surface area contributed by atoms with Crippen LogP contribution in [-0.4, -0.2) is 64.5 Å². The second-order valence-electron chi connectivity index (χ2n) is 7.38. The Bertz CT molecular complexity index is 611. The Labute approximate surface area is 161 Å². The Balaban J connectivity index is 1.69. The lowest BCUT2D eigenvalue weighted by Gasteiger charge is -2.39. The van der Waals surface area contributed by atoms with Crippen molar-refractivity contribution in [2.45, 2.75) is 24.7 Å². The van der Waals surface area contributed by atoms with E-state index in [4.69, 9.17) is 21.1 Å². The van der Waals surface area contributed by atoms with Crippen LogP contribution < -0.4 is 5.32 Å². The minimum atomic E-state index is -0.0240. The second-order valence-corrected chi connectivity index (χ2v) is 7.79. The van der Waals surface area contributed by atoms with Crippen molar-refractivity contribution in [1.29, 1.82) is 0 Å². The Morgan fingerprint density at radius 3 is 2.69 bits per heavy atom. The number of ether oxygens (including phenoxy) is 2. The maximum atomic E-state index is 6.55. The summed E-state index contributed by atoms with van der Waals surface area (Å²) in [7, 11) is 3.94. The van der Waals surface area contributed by atoms with E-state index >= 15 is 0 Å². The van der Waals surface area contributed by atoms with E-state index < -0.39 is 0 Å². The maximum Gasteiger partial charge on any atom is 0.193 e. The smallest absolute Gasteiger partial charge is 0.193 e. The van der Waals surface area contributed by atoms with E-state index in [0.29, 0.717) is 5.92 Å². The van der Waals surface area contributed by atoms with Gasteiger partial charge in [0, 0.05) is 63.4 Å². The van der Waals surface area contributed by atoms with Crippen molar-refractivity contribution in [3.63, 3.8) is 0 Å². The van der Waals surface area contributed by atoms with Crippen molar-refractivity contribution in [3.05, 3.63) is 34.9 Å². The molecule has 1 aromatic rings. The highest BCUT2D eigenvalue weighted by Gasteiger charge is 2.36. The second kappa shape index (κ2) is 9.07. The standard InChI is InChI=1S/C20H30ClN3O2/c1-22-19(24(2)13-16-7-10-26-14-16)23-15-20(8-11-25-12-9-20)17-5-3-4-6-18(17)21/h3-6,16H,7-15H2,1-2H3,(H,22,23). The first kappa shape index (κ1) is 19.5. The topological polar surface area (TPSA) is 46.1 Å². The number of aliphatic imine (C=N–C) groups is 1. The number of nitrogens with zero attached hydrogens (tertiary/aromatic N) is 2. The van der Waals surface area contributed by atoms with Crippen LogP contribution in [0.2, 0.25) is 5.02 Å². The zero-order chi connectivity index (χ0) is 18.4. The van der Waals surface area contributed by atoms with Crippen LogP contribution in [0.3, 0.4) is 0 Å². The first-order valence-electron chi connectivity index (χ1n) is 9.47. The molecule has 0 aromatic heterocycles. The summed E-state index contributed by atoms with van der Waals surface area (Å²) in [4.78, 5) is 6.70. The van der Waals surface area contributed by atoms with Gasteiger partial charge in [0.2, 0.25) is 0 Å². The van der Waals surface area contributed by atoms with Crippen LogP contribution >= 0.6 is 11.6 Å². The molecule has 1 N–H and O–H groups in total. The maximum absolute atomic E-state index is 6.55. The molecule has 144 valence electrons. The first-order valence-corrected chi connectivity index (χ1v) is 9.85. The molecular formula is C20H30ClN3O2. The van der Waals surface area contributed by atoms with Crippen molar-refractivity contribution in [1.82, 2.24) is 10.2 Å². The lowest BCUT2D eigenvalue weighted by molar-refractivity contribution is 0.0512. The Hall–Kier alpha value is -1.30. The summed E-state index contributed by atoms with van der Waals surface area (Å²) in [6, 6.07) is 8.19. The minimum Gasteiger partial charge on any atom is -0.381 e. The fraction of sp³-hybridized carbons (Fsp3) is 0.650. The molecule has 0 bridgehead atoms. The van der Waals surface area contributed by atoms with Gasteiger partial charge in [-0.25, -0.2) is 0 Å². The molecule has 2 saturated heterocycles. The third kappa shape index (κ3) is 4.51. The molecule has 1 aromatic carbocycles. The van der Waals surface area contributed by atoms with Crippen LogP contribution in [0, 0.1) is 5.92 Å². The first-order chi connectivity index (χ1) is 12.6. The van der Waals surface area contributed by atoms with Crippen LogP contribution in [0.5, 0.6) is 0 Å². The van der Waals surface area contributed by atoms with Gasteiger partial charge in [0.15, 0.2) is 5.96 Å². The molecule has 0 aliphatic carbocycles. The van der Waals surface area contributed by atoms with Gasteiger partial charge in [-0.05, 0) is 30.9 Å². The van der Waals surface area contributed by atoms with Crippen LogP contribution in [0.15, 0.2) is 29.3 Å². The van der Waals surface area contributed by atoms with Gasteiger partial charge in [0.05, 0.1) is 6.61 Å². The van der Waals surface area contributed by atoms with E-state index in [1.807, 2.05) is 19.2 Å². The lowest BCUT2D eigenvalue weighted by atomic mass is 9.74. The molecule has 2 aliphatic heterocycles. The number of halogens is 1. The summed E-state index contributed by atoms with van der Waals surface area (Å²) in [6.07, 6.45) is 3.05. The van der Waals surface area contributed by atoms with Gasteiger partial charge in [-0.1, -0.05) is 29.8 Å². The van der Waals surface area contributed by atoms with Crippen LogP contribution in [0.25, 0.3) is 0 Å². The number of guanidine groups is 1. The third-order valence-corrected chi connectivity index (χ3v) is 5.94. The molecule has 5 nitrogen and oxygen atoms in total. The van der Waals surface area contributed by atoms with Crippen molar-refractivity contribution in [2.24, 2.45) is 10.9 Å². The van der Waals surface area contributed by atoms with Gasteiger partial charge in [-0.2, -0.15) is 0 Å². The van der Waals surface area contributed by atoms with Crippen molar-refractivity contribution >= 4 is 17.6 Å². The summed E-state index contributed by atoms with van der Waals surface area (Å²) >= 11 is 6.55. The predicted molar refractivity (Wildman–Crippen MR) is 106 cm³/mol. The molecule has 1 atom stereocenters. The summed E-state index contributed by atoms with van der Waals surface area (Å²) in [5, 5.41) is 4.44. The van der Waals surface area contributed by atoms with Crippen molar-refractivity contribution in [3.8, 4) is 0 Å². The van der Waals surface area contributed by atoms with Gasteiger partial charge in [-0.15, -0.1) is 0 Å². The van der Waals surface area contributed by atoms with Crippen molar-refractivity contribution in [2.75, 3.05) is 53.6 Å². The normalized spacial score (nSPS) is 23.0. The number of hydrogen-bond acceptors (Lipinski definition) is 3. The van der Waals surface area contributed by atoms with Gasteiger partial charge in [0.1, 0.15) is 0 Å². The largest absolute Gasteiger partial charge is 0.381 e. The Morgan fingerprint density at radius 1 is 1.27 bits per heavy atom. The summed E-state index contributed by atoms with van der Waals surface area (Å²) in [5.41, 5.74) is 1.18. The Morgan fingerprint density at radius 2 is 2.04 bits per heavy atom. The summed E-state index contributed by atoms with van der Waals surface area (Å²) < 4.78 is 11.1. The van der Waals surface area contributed by atoms with E-state index in [1.165, 1.54) is 5.56 Å². The number of rotatable bonds is 5. The van der Waals surface area contributed by atoms with E-state index in [9.17, 15) is 0 Å². The molecule has 2 fully saturated rings. The molecule has 26 heavy (non-hydrogen) atoms. The SMILES string of the molecule is CN=C(NCC1(c2ccccc2Cl)CCOCC1)N(C)CC1CCOC1. The predicted octanol–water partition coefficient (Wildman–Crippen LogP) is 2.93. The molecule has 0 amide bonds. The molecule has 0 spiro atoms. The van der Waals surface area contributed by atoms with Crippen LogP contribution in [-0.2, 0) is 14.9 Å². The third-order valence-electron chi connectivity index (χ3n) is 5.61. The molecule has 3 rings (SSSR count). The van der Waals surface area contributed by atoms with E-state index in [1.54, 1.807) is 0 Å². The number of hydrogen-bond donors (Lipinski definition) is 1. The van der Waals surface area contributed by atoms with Gasteiger partial charge >= 0.3 is 0 Å². The van der Waals surface area contributed by atoms with E-state index in [-0.39, 0.29) is 5.41 Å². The zero-order valence-corrected chi connectivity index (χ0v) is 16.6. The summed E-state index contributed by atoms with van der Waals surface area (Å²) in [6.45, 7) is 5.02. The monoisotopic (exact) mass is 379 g/mol. The summed E-state index contributed by atoms with van der Waals surface area (Å²) in [5.74, 6) is 1.51. The quantitative estimate of drug-likeness (QED) is 0.631. The van der Waals surface area contributed by atoms with Crippen molar-refractivity contribution < 1.29 is 9.47 Å². The molecule has 2 aliphatic rings. The molecule has 0 saturated carbocycles. The molecule has 2 heterocycles. The highest BCUT2D eigenvalue weighted by molar-refractivity contribution is 6.31. The molecule has 1 unspecified atom stereocenters. The zero-order valence-electron chi connectivity index (χ0n) is 15.8. The van der Waals surface area contributed by atoms with E-state index in [2.05, 4.69) is 34.4 Å². The fourth-order valence-electron chi connectivity index (χ4n) is 4.03. The average Bonchev–Trinajstić information content (AvgIpc) is 3.16. The van der Waals surface area contributed by atoms with Crippen LogP contribution in [0.4, 0.5) is 0 Å². The lowest BCUT2D eigenvalue weighted by Crippen LogP contribution is -2.49.